The summed E-state index contributed by atoms with van der Waals surface area (Å²) in [6, 6.07) is 0. The van der Waals surface area contributed by atoms with E-state index < -0.39 is 11.1 Å². The van der Waals surface area contributed by atoms with Crippen molar-refractivity contribution < 1.29 is 0 Å². The number of aryl methyl sites for hydroxylation is 1. The molecule has 54 valence electrons. The Morgan fingerprint density at radius 3 is 2.70 bits per heavy atom. The van der Waals surface area contributed by atoms with Gasteiger partial charge in [-0.25, -0.2) is 4.98 Å². The molecule has 6 heteroatoms. The van der Waals surface area contributed by atoms with Gasteiger partial charge in [0.05, 0.1) is 0 Å². The van der Waals surface area contributed by atoms with Crippen molar-refractivity contribution in [2.24, 2.45) is 7.05 Å². The fourth-order valence-electron chi connectivity index (χ4n) is 0.461. The van der Waals surface area contributed by atoms with Crippen molar-refractivity contribution >= 4 is 12.6 Å². The molecule has 5 nitrogen and oxygen atoms in total. The predicted octanol–water partition coefficient (Wildman–Crippen LogP) is -1.63. The minimum atomic E-state index is -0.844. The second kappa shape index (κ2) is 2.22. The molecule has 0 bridgehead atoms. The van der Waals surface area contributed by atoms with Gasteiger partial charge in [0.25, 0.3) is 0 Å². The third kappa shape index (κ3) is 1.06. The van der Waals surface area contributed by atoms with Crippen molar-refractivity contribution in [1.29, 1.82) is 0 Å². The molecule has 0 spiro atoms. The molecular formula is C4H4N3O2S-. The Bertz CT molecular complexity index is 317. The van der Waals surface area contributed by atoms with Gasteiger partial charge in [-0.05, 0) is 0 Å². The van der Waals surface area contributed by atoms with E-state index in [1.54, 1.807) is 0 Å². The van der Waals surface area contributed by atoms with Crippen LogP contribution in [0.4, 0.5) is 0 Å². The van der Waals surface area contributed by atoms with E-state index in [2.05, 4.69) is 22.7 Å². The zero-order chi connectivity index (χ0) is 7.72. The van der Waals surface area contributed by atoms with Gasteiger partial charge in [0, 0.05) is 12.2 Å². The second-order valence-electron chi connectivity index (χ2n) is 1.70. The van der Waals surface area contributed by atoms with Crippen molar-refractivity contribution in [3.63, 3.8) is 0 Å². The van der Waals surface area contributed by atoms with Crippen molar-refractivity contribution in [3.05, 3.63) is 20.7 Å². The van der Waals surface area contributed by atoms with E-state index in [1.807, 2.05) is 0 Å². The maximum Gasteiger partial charge on any atom is 0.336 e. The average Bonchev–Trinajstić information content (AvgIpc) is 1.84. The Balaban J connectivity index is 3.59. The van der Waals surface area contributed by atoms with E-state index in [9.17, 15) is 9.59 Å². The second-order valence-corrected chi connectivity index (χ2v) is 2.06. The highest BCUT2D eigenvalue weighted by Crippen LogP contribution is 1.76. The highest BCUT2D eigenvalue weighted by Gasteiger charge is 1.91. The third-order valence-corrected chi connectivity index (χ3v) is 1.31. The Morgan fingerprint density at radius 1 is 1.60 bits per heavy atom. The molecule has 0 atom stereocenters. The molecule has 1 N–H and O–H groups in total. The van der Waals surface area contributed by atoms with E-state index in [-0.39, 0.29) is 5.16 Å². The number of nitrogens with one attached hydrogen (secondary N) is 1. The first-order valence-electron chi connectivity index (χ1n) is 2.45. The molecule has 0 amide bonds. The van der Waals surface area contributed by atoms with Crippen molar-refractivity contribution in [2.45, 2.75) is 5.16 Å². The molecule has 0 aliphatic heterocycles. The molecule has 10 heavy (non-hydrogen) atoms. The Hall–Kier alpha value is -1.17. The van der Waals surface area contributed by atoms with Gasteiger partial charge >= 0.3 is 11.1 Å². The van der Waals surface area contributed by atoms with Gasteiger partial charge in [0.2, 0.25) is 0 Å². The minimum absolute atomic E-state index is 0.0737. The first-order valence-corrected chi connectivity index (χ1v) is 2.86. The number of hydrogen-bond donors (Lipinski definition) is 1. The average molecular weight is 158 g/mol. The van der Waals surface area contributed by atoms with E-state index in [0.717, 1.165) is 0 Å². The van der Waals surface area contributed by atoms with Gasteiger partial charge < -0.3 is 12.6 Å². The summed E-state index contributed by atoms with van der Waals surface area (Å²) in [4.78, 5) is 24.2. The summed E-state index contributed by atoms with van der Waals surface area (Å²) in [5.74, 6) is 0. The van der Waals surface area contributed by atoms with Gasteiger partial charge in [0.1, 0.15) is 0 Å². The van der Waals surface area contributed by atoms with Gasteiger partial charge in [-0.2, -0.15) is 0 Å². The number of aromatic amines is 1. The Morgan fingerprint density at radius 2 is 2.20 bits per heavy atom. The summed E-state index contributed by atoms with van der Waals surface area (Å²) >= 11 is 4.58. The van der Waals surface area contributed by atoms with Crippen LogP contribution in [0, 0.1) is 0 Å². The van der Waals surface area contributed by atoms with Gasteiger partial charge in [-0.15, -0.1) is 0 Å². The third-order valence-electron chi connectivity index (χ3n) is 0.948. The Labute approximate surface area is 61.1 Å². The van der Waals surface area contributed by atoms with Crippen LogP contribution < -0.4 is 11.1 Å². The molecule has 0 radical (unpaired) electrons. The summed E-state index contributed by atoms with van der Waals surface area (Å²) in [6.07, 6.45) is 0. The summed E-state index contributed by atoms with van der Waals surface area (Å²) in [5, 5.41) is 2.26. The lowest BCUT2D eigenvalue weighted by Gasteiger charge is -2.07. The topological polar surface area (TPSA) is 67.8 Å². The number of H-pyrrole nitrogens is 1. The van der Waals surface area contributed by atoms with E-state index >= 15 is 0 Å². The lowest BCUT2D eigenvalue weighted by Crippen LogP contribution is -2.33. The van der Waals surface area contributed by atoms with Crippen molar-refractivity contribution in [2.75, 3.05) is 0 Å². The molecule has 0 saturated carbocycles. The molecule has 0 aliphatic rings. The van der Waals surface area contributed by atoms with E-state index in [1.165, 1.54) is 11.7 Å². The molecule has 0 aliphatic carbocycles. The van der Waals surface area contributed by atoms with Gasteiger partial charge in [-0.1, -0.05) is 0 Å². The summed E-state index contributed by atoms with van der Waals surface area (Å²) in [6.45, 7) is 0. The minimum Gasteiger partial charge on any atom is -0.740 e. The number of aromatic nitrogens is 3. The smallest absolute Gasteiger partial charge is 0.336 e. The van der Waals surface area contributed by atoms with E-state index in [4.69, 9.17) is 0 Å². The monoisotopic (exact) mass is 158 g/mol. The van der Waals surface area contributed by atoms with Crippen molar-refractivity contribution in [1.82, 2.24) is 14.8 Å². The van der Waals surface area contributed by atoms with Gasteiger partial charge in [-0.3, -0.25) is 19.4 Å². The summed E-state index contributed by atoms with van der Waals surface area (Å²) in [5.41, 5.74) is -1.60. The van der Waals surface area contributed by atoms with Gasteiger partial charge in [0.15, 0.2) is 0 Å². The van der Waals surface area contributed by atoms with Crippen LogP contribution in [0.1, 0.15) is 0 Å². The molecule has 1 aromatic rings. The van der Waals surface area contributed by atoms with Crippen LogP contribution in [0.2, 0.25) is 0 Å². The molecule has 0 unspecified atom stereocenters. The first kappa shape index (κ1) is 6.94. The number of rotatable bonds is 0. The highest BCUT2D eigenvalue weighted by atomic mass is 32.1. The zero-order valence-electron chi connectivity index (χ0n) is 5.12. The Kier molecular flexibility index (Phi) is 1.54. The summed E-state index contributed by atoms with van der Waals surface area (Å²) in [7, 11) is 1.51. The quantitative estimate of drug-likeness (QED) is 0.364. The fraction of sp³-hybridized carbons (Fsp3) is 0.250. The fourth-order valence-corrected chi connectivity index (χ4v) is 0.589. The molecule has 0 saturated heterocycles. The van der Waals surface area contributed by atoms with Crippen molar-refractivity contribution in [3.8, 4) is 0 Å². The summed E-state index contributed by atoms with van der Waals surface area (Å²) < 4.78 is 1.21. The van der Waals surface area contributed by atoms with E-state index in [0.29, 0.717) is 0 Å². The zero-order valence-corrected chi connectivity index (χ0v) is 5.94. The van der Waals surface area contributed by atoms with Crippen LogP contribution in [0.3, 0.4) is 0 Å². The molecule has 1 rings (SSSR count). The maximum absolute atomic E-state index is 10.5. The van der Waals surface area contributed by atoms with Crippen LogP contribution in [0.15, 0.2) is 14.7 Å². The number of nitrogens with zero attached hydrogens (tertiary/aromatic N) is 2. The van der Waals surface area contributed by atoms with Crippen LogP contribution in [-0.4, -0.2) is 14.8 Å². The number of hydrogen-bond acceptors (Lipinski definition) is 4. The van der Waals surface area contributed by atoms with Crippen LogP contribution in [0.5, 0.6) is 0 Å². The standard InChI is InChI=1S/C4H5N3O2S/c1-7-4(10)5-2(8)3(9)6-7/h1H3,(H,6,9)(H,5,8,10)/p-1. The first-order chi connectivity index (χ1) is 4.61. The molecule has 1 aromatic heterocycles. The SMILES string of the molecule is Cn1[nH]c(=O)c(=O)nc1[S-]. The van der Waals surface area contributed by atoms with Crippen LogP contribution >= 0.6 is 0 Å². The molecule has 1 heterocycles. The molecule has 0 fully saturated rings. The molecule has 0 aromatic carbocycles. The highest BCUT2D eigenvalue weighted by molar-refractivity contribution is 7.58. The van der Waals surface area contributed by atoms with Crippen LogP contribution in [0.25, 0.3) is 0 Å². The normalized spacial score (nSPS) is 9.70. The lowest BCUT2D eigenvalue weighted by atomic mass is 10.8. The lowest BCUT2D eigenvalue weighted by molar-refractivity contribution is 0.598. The molecular weight excluding hydrogens is 154 g/mol. The predicted molar refractivity (Wildman–Crippen MR) is 35.7 cm³/mol. The maximum atomic E-state index is 10.5. The van der Waals surface area contributed by atoms with Crippen LogP contribution in [-0.2, 0) is 19.7 Å². The largest absolute Gasteiger partial charge is 0.740 e.